The van der Waals surface area contributed by atoms with Crippen LogP contribution in [0.15, 0.2) is 42.7 Å². The fourth-order valence-corrected chi connectivity index (χ4v) is 2.71. The van der Waals surface area contributed by atoms with E-state index in [-0.39, 0.29) is 12.3 Å². The molecule has 1 aromatic heterocycles. The van der Waals surface area contributed by atoms with Crippen LogP contribution in [-0.4, -0.2) is 32.7 Å². The van der Waals surface area contributed by atoms with Gasteiger partial charge in [0.15, 0.2) is 0 Å². The van der Waals surface area contributed by atoms with E-state index in [1.54, 1.807) is 4.68 Å². The van der Waals surface area contributed by atoms with Gasteiger partial charge in [0.1, 0.15) is 12.1 Å². The molecule has 0 aliphatic heterocycles. The summed E-state index contributed by atoms with van der Waals surface area (Å²) in [5.41, 5.74) is 4.80. The minimum Gasteiger partial charge on any atom is -0.493 e. The van der Waals surface area contributed by atoms with E-state index in [1.807, 2.05) is 51.1 Å². The molecule has 0 spiro atoms. The fraction of sp³-hybridized carbons (Fsp3) is 0.263. The molecule has 0 saturated heterocycles. The Kier molecular flexibility index (Phi) is 5.26. The summed E-state index contributed by atoms with van der Waals surface area (Å²) >= 11 is 0. The van der Waals surface area contributed by atoms with E-state index in [4.69, 9.17) is 4.74 Å². The quantitative estimate of drug-likeness (QED) is 0.738. The maximum Gasteiger partial charge on any atom is 0.227 e. The fourth-order valence-electron chi connectivity index (χ4n) is 2.71. The minimum absolute atomic E-state index is 0.110. The van der Waals surface area contributed by atoms with Gasteiger partial charge in [0.2, 0.25) is 5.91 Å². The number of ether oxygens (including phenoxy) is 1. The number of rotatable bonds is 6. The predicted molar refractivity (Wildman–Crippen MR) is 98.5 cm³/mol. The molecule has 3 rings (SSSR count). The zero-order valence-electron chi connectivity index (χ0n) is 15.1. The molecular formula is C19H21N5O2. The third kappa shape index (κ3) is 4.44. The van der Waals surface area contributed by atoms with Crippen LogP contribution in [0, 0.1) is 20.8 Å². The van der Waals surface area contributed by atoms with Crippen LogP contribution in [0.3, 0.4) is 0 Å². The summed E-state index contributed by atoms with van der Waals surface area (Å²) in [7, 11) is 0. The zero-order chi connectivity index (χ0) is 18.5. The summed E-state index contributed by atoms with van der Waals surface area (Å²) in [6.45, 7) is 6.32. The molecule has 3 aromatic rings. The Morgan fingerprint density at radius 2 is 1.88 bits per heavy atom. The van der Waals surface area contributed by atoms with Crippen molar-refractivity contribution >= 4 is 11.6 Å². The molecule has 0 fully saturated rings. The highest BCUT2D eigenvalue weighted by molar-refractivity contribution is 5.91. The molecule has 1 N–H and O–H groups in total. The van der Waals surface area contributed by atoms with Gasteiger partial charge in [-0.15, -0.1) is 5.10 Å². The van der Waals surface area contributed by atoms with Crippen molar-refractivity contribution in [3.05, 3.63) is 59.4 Å². The highest BCUT2D eigenvalue weighted by Gasteiger charge is 2.08. The van der Waals surface area contributed by atoms with Crippen molar-refractivity contribution in [2.45, 2.75) is 27.2 Å². The maximum absolute atomic E-state index is 12.2. The summed E-state index contributed by atoms with van der Waals surface area (Å²) in [5.74, 6) is 0.674. The van der Waals surface area contributed by atoms with Crippen LogP contribution in [0.5, 0.6) is 5.75 Å². The van der Waals surface area contributed by atoms with E-state index >= 15 is 0 Å². The number of hydrogen-bond acceptors (Lipinski definition) is 5. The first kappa shape index (κ1) is 17.6. The van der Waals surface area contributed by atoms with Crippen LogP contribution in [0.1, 0.15) is 23.1 Å². The Bertz CT molecular complexity index is 886. The van der Waals surface area contributed by atoms with Crippen LogP contribution < -0.4 is 10.1 Å². The summed E-state index contributed by atoms with van der Waals surface area (Å²) < 4.78 is 7.25. The van der Waals surface area contributed by atoms with Gasteiger partial charge < -0.3 is 10.1 Å². The van der Waals surface area contributed by atoms with Gasteiger partial charge in [-0.2, -0.15) is 0 Å². The largest absolute Gasteiger partial charge is 0.493 e. The molecule has 1 amide bonds. The number of tetrazole rings is 1. The van der Waals surface area contributed by atoms with E-state index in [1.165, 1.54) is 6.33 Å². The van der Waals surface area contributed by atoms with Crippen molar-refractivity contribution in [3.63, 3.8) is 0 Å². The van der Waals surface area contributed by atoms with Crippen LogP contribution in [0.2, 0.25) is 0 Å². The third-order valence-corrected chi connectivity index (χ3v) is 3.88. The molecule has 2 aromatic carbocycles. The highest BCUT2D eigenvalue weighted by Crippen LogP contribution is 2.19. The number of nitrogens with one attached hydrogen (secondary N) is 1. The first-order valence-corrected chi connectivity index (χ1v) is 8.36. The Morgan fingerprint density at radius 3 is 2.58 bits per heavy atom. The van der Waals surface area contributed by atoms with E-state index in [9.17, 15) is 4.79 Å². The number of aryl methyl sites for hydroxylation is 3. The van der Waals surface area contributed by atoms with Crippen molar-refractivity contribution in [1.82, 2.24) is 20.2 Å². The standard InChI is InChI=1S/C19H21N5O2/c1-13-8-14(2)10-17(9-13)26-7-6-19(25)21-16-5-4-15(3)18(11-16)24-12-20-22-23-24/h4-5,8-12H,6-7H2,1-3H3,(H,21,25). The van der Waals surface area contributed by atoms with Gasteiger partial charge in [0, 0.05) is 5.69 Å². The highest BCUT2D eigenvalue weighted by atomic mass is 16.5. The number of aromatic nitrogens is 4. The van der Waals surface area contributed by atoms with Crippen LogP contribution >= 0.6 is 0 Å². The molecular weight excluding hydrogens is 330 g/mol. The Hall–Kier alpha value is -3.22. The number of hydrogen-bond donors (Lipinski definition) is 1. The summed E-state index contributed by atoms with van der Waals surface area (Å²) in [5, 5.41) is 14.0. The minimum atomic E-state index is -0.110. The van der Waals surface area contributed by atoms with E-state index in [0.717, 1.165) is 28.1 Å². The van der Waals surface area contributed by atoms with Gasteiger partial charge in [-0.1, -0.05) is 12.1 Å². The van der Waals surface area contributed by atoms with Crippen LogP contribution in [0.4, 0.5) is 5.69 Å². The van der Waals surface area contributed by atoms with Crippen molar-refractivity contribution < 1.29 is 9.53 Å². The SMILES string of the molecule is Cc1cc(C)cc(OCCC(=O)Nc2ccc(C)c(-n3cnnn3)c2)c1. The average Bonchev–Trinajstić information content (AvgIpc) is 3.10. The summed E-state index contributed by atoms with van der Waals surface area (Å²) in [6, 6.07) is 11.6. The van der Waals surface area contributed by atoms with Crippen molar-refractivity contribution in [1.29, 1.82) is 0 Å². The summed E-state index contributed by atoms with van der Waals surface area (Å²) in [4.78, 5) is 12.2. The number of amides is 1. The van der Waals surface area contributed by atoms with Gasteiger partial charge in [0.05, 0.1) is 18.7 Å². The van der Waals surface area contributed by atoms with E-state index < -0.39 is 0 Å². The maximum atomic E-state index is 12.2. The molecule has 0 atom stereocenters. The molecule has 0 aliphatic carbocycles. The molecule has 0 saturated carbocycles. The van der Waals surface area contributed by atoms with Crippen molar-refractivity contribution in [2.24, 2.45) is 0 Å². The molecule has 134 valence electrons. The van der Waals surface area contributed by atoms with E-state index in [0.29, 0.717) is 12.3 Å². The molecule has 0 radical (unpaired) electrons. The van der Waals surface area contributed by atoms with Crippen LogP contribution in [0.25, 0.3) is 5.69 Å². The van der Waals surface area contributed by atoms with Crippen molar-refractivity contribution in [3.8, 4) is 11.4 Å². The number of nitrogens with zero attached hydrogens (tertiary/aromatic N) is 4. The van der Waals surface area contributed by atoms with Gasteiger partial charge in [-0.25, -0.2) is 4.68 Å². The molecule has 1 heterocycles. The zero-order valence-corrected chi connectivity index (χ0v) is 15.1. The Labute approximate surface area is 152 Å². The summed E-state index contributed by atoms with van der Waals surface area (Å²) in [6.07, 6.45) is 1.78. The number of anilines is 1. The van der Waals surface area contributed by atoms with Crippen LogP contribution in [-0.2, 0) is 4.79 Å². The van der Waals surface area contributed by atoms with Gasteiger partial charge in [0.25, 0.3) is 0 Å². The topological polar surface area (TPSA) is 81.9 Å². The number of carbonyl (C=O) groups excluding carboxylic acids is 1. The molecule has 7 nitrogen and oxygen atoms in total. The number of benzene rings is 2. The number of carbonyl (C=O) groups is 1. The smallest absolute Gasteiger partial charge is 0.227 e. The van der Waals surface area contributed by atoms with Gasteiger partial charge >= 0.3 is 0 Å². The van der Waals surface area contributed by atoms with Gasteiger partial charge in [-0.05, 0) is 72.2 Å². The first-order valence-electron chi connectivity index (χ1n) is 8.36. The molecule has 0 aliphatic rings. The lowest BCUT2D eigenvalue weighted by atomic mass is 10.1. The van der Waals surface area contributed by atoms with Crippen molar-refractivity contribution in [2.75, 3.05) is 11.9 Å². The Morgan fingerprint density at radius 1 is 1.12 bits per heavy atom. The molecule has 26 heavy (non-hydrogen) atoms. The third-order valence-electron chi connectivity index (χ3n) is 3.88. The lowest BCUT2D eigenvalue weighted by Gasteiger charge is -2.11. The average molecular weight is 351 g/mol. The first-order chi connectivity index (χ1) is 12.5. The predicted octanol–water partition coefficient (Wildman–Crippen LogP) is 3.00. The molecule has 7 heteroatoms. The second kappa shape index (κ2) is 7.77. The lowest BCUT2D eigenvalue weighted by Crippen LogP contribution is -2.15. The molecule has 0 bridgehead atoms. The second-order valence-corrected chi connectivity index (χ2v) is 6.23. The second-order valence-electron chi connectivity index (χ2n) is 6.23. The normalized spacial score (nSPS) is 10.6. The molecule has 0 unspecified atom stereocenters. The lowest BCUT2D eigenvalue weighted by molar-refractivity contribution is -0.116. The monoisotopic (exact) mass is 351 g/mol. The Balaban J connectivity index is 1.57. The van der Waals surface area contributed by atoms with Gasteiger partial charge in [-0.3, -0.25) is 4.79 Å². The van der Waals surface area contributed by atoms with E-state index in [2.05, 4.69) is 26.9 Å².